The van der Waals surface area contributed by atoms with Crippen LogP contribution in [0.1, 0.15) is 0 Å². The van der Waals surface area contributed by atoms with Gasteiger partial charge in [-0.2, -0.15) is 0 Å². The molecule has 5 nitrogen and oxygen atoms in total. The highest BCUT2D eigenvalue weighted by atomic mass is 16.1. The largest absolute Gasteiger partial charge is 0.309 e. The van der Waals surface area contributed by atoms with Crippen LogP contribution in [0, 0.1) is 0 Å². The molecule has 0 saturated heterocycles. The monoisotopic (exact) mass is 652 g/mol. The Balaban J connectivity index is 1.27. The molecule has 0 aliphatic heterocycles. The molecule has 0 saturated carbocycles. The van der Waals surface area contributed by atoms with Crippen LogP contribution in [-0.4, -0.2) is 18.5 Å². The lowest BCUT2D eigenvalue weighted by Gasteiger charge is -2.17. The summed E-state index contributed by atoms with van der Waals surface area (Å²) in [6.45, 7) is 0. The fraction of sp³-hybridized carbons (Fsp3) is 0. The Kier molecular flexibility index (Phi) is 5.75. The third kappa shape index (κ3) is 3.91. The fourth-order valence-electron chi connectivity index (χ4n) is 8.20. The minimum absolute atomic E-state index is 0.0608. The summed E-state index contributed by atoms with van der Waals surface area (Å²) in [7, 11) is 0. The SMILES string of the molecule is O=c1c2ccccc2c2c3ccccc3n3c4cc(-n5c6ccccc6c6cc(-c7ccccc7)ccc65)ccc4nc3c2n1-c1ccccc1. The van der Waals surface area contributed by atoms with Crippen molar-refractivity contribution < 1.29 is 0 Å². The van der Waals surface area contributed by atoms with Crippen LogP contribution in [0.4, 0.5) is 0 Å². The summed E-state index contributed by atoms with van der Waals surface area (Å²) < 4.78 is 6.45. The summed E-state index contributed by atoms with van der Waals surface area (Å²) in [6, 6.07) is 58.8. The Hall–Kier alpha value is -6.98. The number of pyridine rings is 2. The first kappa shape index (κ1) is 27.9. The van der Waals surface area contributed by atoms with Gasteiger partial charge in [-0.1, -0.05) is 109 Å². The van der Waals surface area contributed by atoms with Gasteiger partial charge >= 0.3 is 0 Å². The lowest BCUT2D eigenvalue weighted by molar-refractivity contribution is 1.06. The Morgan fingerprint density at radius 2 is 1.06 bits per heavy atom. The van der Waals surface area contributed by atoms with Gasteiger partial charge in [0.15, 0.2) is 5.65 Å². The summed E-state index contributed by atoms with van der Waals surface area (Å²) in [4.78, 5) is 19.7. The molecule has 4 aromatic heterocycles. The van der Waals surface area contributed by atoms with Gasteiger partial charge in [-0.15, -0.1) is 0 Å². The van der Waals surface area contributed by atoms with Crippen LogP contribution >= 0.6 is 0 Å². The summed E-state index contributed by atoms with van der Waals surface area (Å²) in [5.74, 6) is 0. The topological polar surface area (TPSA) is 44.2 Å². The van der Waals surface area contributed by atoms with E-state index in [1.54, 1.807) is 0 Å². The average molecular weight is 653 g/mol. The summed E-state index contributed by atoms with van der Waals surface area (Å²) >= 11 is 0. The molecule has 51 heavy (non-hydrogen) atoms. The van der Waals surface area contributed by atoms with Crippen LogP contribution in [0.25, 0.3) is 93.6 Å². The van der Waals surface area contributed by atoms with Crippen molar-refractivity contribution in [3.63, 3.8) is 0 Å². The van der Waals surface area contributed by atoms with Gasteiger partial charge in [-0.25, -0.2) is 4.98 Å². The maximum absolute atomic E-state index is 14.4. The van der Waals surface area contributed by atoms with Gasteiger partial charge in [-0.05, 0) is 77.2 Å². The number of fused-ring (bicyclic) bond motifs is 13. The van der Waals surface area contributed by atoms with E-state index in [0.29, 0.717) is 5.39 Å². The fourth-order valence-corrected chi connectivity index (χ4v) is 8.20. The number of imidazole rings is 1. The van der Waals surface area contributed by atoms with Gasteiger partial charge in [0.1, 0.15) is 5.52 Å². The van der Waals surface area contributed by atoms with Crippen molar-refractivity contribution in [3.05, 3.63) is 180 Å². The molecular weight excluding hydrogens is 625 g/mol. The highest BCUT2D eigenvalue weighted by Crippen LogP contribution is 2.39. The van der Waals surface area contributed by atoms with Gasteiger partial charge in [0.25, 0.3) is 5.56 Å². The zero-order valence-corrected chi connectivity index (χ0v) is 27.4. The Bertz CT molecular complexity index is 3260. The van der Waals surface area contributed by atoms with E-state index >= 15 is 0 Å². The van der Waals surface area contributed by atoms with Crippen molar-refractivity contribution in [2.24, 2.45) is 0 Å². The number of aromatic nitrogens is 4. The molecular formula is C46H28N4O. The van der Waals surface area contributed by atoms with Gasteiger partial charge < -0.3 is 4.57 Å². The molecule has 0 aliphatic carbocycles. The van der Waals surface area contributed by atoms with E-state index in [9.17, 15) is 4.79 Å². The predicted molar refractivity (Wildman–Crippen MR) is 211 cm³/mol. The molecule has 0 radical (unpaired) electrons. The molecule has 0 unspecified atom stereocenters. The smallest absolute Gasteiger partial charge is 0.263 e. The molecule has 5 heteroatoms. The number of rotatable bonds is 3. The molecule has 4 heterocycles. The molecule has 0 bridgehead atoms. The lowest BCUT2D eigenvalue weighted by atomic mass is 10.0. The highest BCUT2D eigenvalue weighted by Gasteiger charge is 2.22. The van der Waals surface area contributed by atoms with Crippen LogP contribution in [0.15, 0.2) is 175 Å². The van der Waals surface area contributed by atoms with E-state index in [1.165, 1.54) is 21.9 Å². The Labute approximate surface area is 291 Å². The van der Waals surface area contributed by atoms with Crippen molar-refractivity contribution in [1.82, 2.24) is 18.5 Å². The first-order valence-corrected chi connectivity index (χ1v) is 17.2. The molecule has 0 atom stereocenters. The zero-order chi connectivity index (χ0) is 33.6. The molecule has 11 aromatic rings. The molecule has 7 aromatic carbocycles. The molecule has 0 fully saturated rings. The van der Waals surface area contributed by atoms with Crippen LogP contribution in [0.5, 0.6) is 0 Å². The molecule has 0 N–H and O–H groups in total. The number of para-hydroxylation sites is 3. The molecule has 238 valence electrons. The molecule has 0 amide bonds. The van der Waals surface area contributed by atoms with Crippen LogP contribution in [-0.2, 0) is 0 Å². The maximum atomic E-state index is 14.4. The quantitative estimate of drug-likeness (QED) is 0.178. The van der Waals surface area contributed by atoms with Gasteiger partial charge in [-0.3, -0.25) is 13.8 Å². The van der Waals surface area contributed by atoms with Gasteiger partial charge in [0.2, 0.25) is 0 Å². The highest BCUT2D eigenvalue weighted by molar-refractivity contribution is 6.23. The first-order chi connectivity index (χ1) is 25.2. The van der Waals surface area contributed by atoms with E-state index < -0.39 is 0 Å². The van der Waals surface area contributed by atoms with E-state index in [-0.39, 0.29) is 5.56 Å². The van der Waals surface area contributed by atoms with E-state index in [1.807, 2.05) is 53.1 Å². The molecule has 0 spiro atoms. The average Bonchev–Trinajstić information content (AvgIpc) is 3.74. The van der Waals surface area contributed by atoms with E-state index in [0.717, 1.165) is 66.3 Å². The van der Waals surface area contributed by atoms with Crippen LogP contribution in [0.3, 0.4) is 0 Å². The summed E-state index contributed by atoms with van der Waals surface area (Å²) in [5.41, 5.74) is 10.9. The minimum atomic E-state index is -0.0608. The van der Waals surface area contributed by atoms with E-state index in [4.69, 9.17) is 4.98 Å². The lowest BCUT2D eigenvalue weighted by Crippen LogP contribution is -2.20. The number of nitrogens with zero attached hydrogens (tertiary/aromatic N) is 4. The number of benzene rings is 7. The summed E-state index contributed by atoms with van der Waals surface area (Å²) in [5, 5.41) is 6.11. The van der Waals surface area contributed by atoms with Crippen molar-refractivity contribution >= 4 is 71.1 Å². The van der Waals surface area contributed by atoms with Crippen molar-refractivity contribution in [2.45, 2.75) is 0 Å². The normalized spacial score (nSPS) is 12.0. The summed E-state index contributed by atoms with van der Waals surface area (Å²) in [6.07, 6.45) is 0. The second kappa shape index (κ2) is 10.5. The van der Waals surface area contributed by atoms with Crippen molar-refractivity contribution in [3.8, 4) is 22.5 Å². The zero-order valence-electron chi connectivity index (χ0n) is 27.4. The minimum Gasteiger partial charge on any atom is -0.309 e. The van der Waals surface area contributed by atoms with Crippen LogP contribution in [0.2, 0.25) is 0 Å². The second-order valence-corrected chi connectivity index (χ2v) is 13.2. The number of hydrogen-bond donors (Lipinski definition) is 0. The Morgan fingerprint density at radius 1 is 0.412 bits per heavy atom. The van der Waals surface area contributed by atoms with Gasteiger partial charge in [0, 0.05) is 38.3 Å². The van der Waals surface area contributed by atoms with Crippen molar-refractivity contribution in [1.29, 1.82) is 0 Å². The Morgan fingerprint density at radius 3 is 1.86 bits per heavy atom. The predicted octanol–water partition coefficient (Wildman–Crippen LogP) is 10.9. The van der Waals surface area contributed by atoms with E-state index in [2.05, 4.69) is 130 Å². The standard InChI is InChI=1S/C46H28N4O/c51-46-35-19-8-7-18-34(35)43-36-20-10-12-22-40(36)50-42-28-32(24-25-38(42)47-45(50)44(43)49(46)31-15-5-2-6-16-31)48-39-21-11-9-17-33(39)37-27-30(23-26-41(37)48)29-13-3-1-4-14-29/h1-28H. The van der Waals surface area contributed by atoms with Gasteiger partial charge in [0.05, 0.1) is 27.6 Å². The van der Waals surface area contributed by atoms with Crippen LogP contribution < -0.4 is 5.56 Å². The molecule has 0 aliphatic rings. The third-order valence-electron chi connectivity index (χ3n) is 10.4. The number of hydrogen-bond acceptors (Lipinski definition) is 2. The maximum Gasteiger partial charge on any atom is 0.263 e. The van der Waals surface area contributed by atoms with Crippen molar-refractivity contribution in [2.75, 3.05) is 0 Å². The molecule has 11 rings (SSSR count). The first-order valence-electron chi connectivity index (χ1n) is 17.2. The second-order valence-electron chi connectivity index (χ2n) is 13.2. The third-order valence-corrected chi connectivity index (χ3v) is 10.4.